The fourth-order valence-corrected chi connectivity index (χ4v) is 2.60. The summed E-state index contributed by atoms with van der Waals surface area (Å²) in [5, 5.41) is 22.8. The standard InChI is InChI=1S/C11H16N4O4S/c16-7-8(9(17)18)13-10(19)14-2-4-15(5-3-14)11-12-1-6-20-11/h1,6,8,16H,2-5,7H2,(H,13,19)(H,17,18)/t8-/m0/s1. The Morgan fingerprint density at radius 3 is 2.60 bits per heavy atom. The minimum atomic E-state index is -1.26. The average Bonchev–Trinajstić information content (AvgIpc) is 2.98. The molecule has 0 bridgehead atoms. The maximum absolute atomic E-state index is 11.9. The van der Waals surface area contributed by atoms with Crippen LogP contribution in [-0.4, -0.2) is 70.9 Å². The predicted octanol–water partition coefficient (Wildman–Crippen LogP) is -0.580. The monoisotopic (exact) mass is 300 g/mol. The van der Waals surface area contributed by atoms with Gasteiger partial charge in [-0.15, -0.1) is 11.3 Å². The number of carboxylic acids is 1. The summed E-state index contributed by atoms with van der Waals surface area (Å²) in [6.45, 7) is 1.65. The molecule has 0 aliphatic carbocycles. The molecule has 0 radical (unpaired) electrons. The quantitative estimate of drug-likeness (QED) is 0.687. The zero-order valence-electron chi connectivity index (χ0n) is 10.7. The van der Waals surface area contributed by atoms with Crippen molar-refractivity contribution in [2.45, 2.75) is 6.04 Å². The molecule has 1 aromatic heterocycles. The van der Waals surface area contributed by atoms with Gasteiger partial charge >= 0.3 is 12.0 Å². The molecule has 2 amide bonds. The van der Waals surface area contributed by atoms with Crippen LogP contribution in [0.3, 0.4) is 0 Å². The molecule has 20 heavy (non-hydrogen) atoms. The van der Waals surface area contributed by atoms with E-state index >= 15 is 0 Å². The number of rotatable bonds is 4. The van der Waals surface area contributed by atoms with Crippen LogP contribution in [0.4, 0.5) is 9.93 Å². The van der Waals surface area contributed by atoms with Crippen LogP contribution in [0.5, 0.6) is 0 Å². The molecule has 9 heteroatoms. The molecule has 3 N–H and O–H groups in total. The SMILES string of the molecule is O=C(O)[C@H](CO)NC(=O)N1CCN(c2nccs2)CC1. The lowest BCUT2D eigenvalue weighted by atomic mass is 10.3. The summed E-state index contributed by atoms with van der Waals surface area (Å²) < 4.78 is 0. The molecule has 0 spiro atoms. The summed E-state index contributed by atoms with van der Waals surface area (Å²) in [6.07, 6.45) is 1.73. The molecule has 1 atom stereocenters. The number of carbonyl (C=O) groups is 2. The summed E-state index contributed by atoms with van der Waals surface area (Å²) >= 11 is 1.54. The number of aliphatic carboxylic acids is 1. The van der Waals surface area contributed by atoms with Crippen molar-refractivity contribution >= 4 is 28.5 Å². The number of thiazole rings is 1. The minimum Gasteiger partial charge on any atom is -0.480 e. The number of aromatic nitrogens is 1. The van der Waals surface area contributed by atoms with Gasteiger partial charge in [0, 0.05) is 37.8 Å². The summed E-state index contributed by atoms with van der Waals surface area (Å²) in [6, 6.07) is -1.73. The third kappa shape index (κ3) is 3.36. The van der Waals surface area contributed by atoms with Crippen LogP contribution in [0.25, 0.3) is 0 Å². The van der Waals surface area contributed by atoms with Crippen LogP contribution >= 0.6 is 11.3 Å². The minimum absolute atomic E-state index is 0.467. The third-order valence-electron chi connectivity index (χ3n) is 3.04. The average molecular weight is 300 g/mol. The van der Waals surface area contributed by atoms with Crippen molar-refractivity contribution in [2.24, 2.45) is 0 Å². The molecule has 0 unspecified atom stereocenters. The van der Waals surface area contributed by atoms with Gasteiger partial charge in [-0.2, -0.15) is 0 Å². The van der Waals surface area contributed by atoms with Crippen molar-refractivity contribution in [3.05, 3.63) is 11.6 Å². The van der Waals surface area contributed by atoms with E-state index in [1.54, 1.807) is 17.5 Å². The molecular formula is C11H16N4O4S. The molecular weight excluding hydrogens is 284 g/mol. The number of carboxylic acid groups (broad SMARTS) is 1. The van der Waals surface area contributed by atoms with Gasteiger partial charge in [-0.3, -0.25) is 0 Å². The molecule has 1 aromatic rings. The molecule has 0 aromatic carbocycles. The number of nitrogens with zero attached hydrogens (tertiary/aromatic N) is 3. The highest BCUT2D eigenvalue weighted by molar-refractivity contribution is 7.13. The van der Waals surface area contributed by atoms with Crippen molar-refractivity contribution in [2.75, 3.05) is 37.7 Å². The number of nitrogens with one attached hydrogen (secondary N) is 1. The molecule has 0 saturated carbocycles. The smallest absolute Gasteiger partial charge is 0.328 e. The van der Waals surface area contributed by atoms with Crippen molar-refractivity contribution in [1.82, 2.24) is 15.2 Å². The van der Waals surface area contributed by atoms with Gasteiger partial charge in [0.25, 0.3) is 0 Å². The summed E-state index contributed by atoms with van der Waals surface area (Å²) in [5.74, 6) is -1.25. The summed E-state index contributed by atoms with van der Waals surface area (Å²) in [7, 11) is 0. The lowest BCUT2D eigenvalue weighted by Crippen LogP contribution is -2.55. The Kier molecular flexibility index (Phi) is 4.74. The van der Waals surface area contributed by atoms with Gasteiger partial charge in [0.1, 0.15) is 0 Å². The van der Waals surface area contributed by atoms with Crippen molar-refractivity contribution in [3.8, 4) is 0 Å². The van der Waals surface area contributed by atoms with Gasteiger partial charge < -0.3 is 25.3 Å². The number of amides is 2. The normalized spacial score (nSPS) is 16.9. The maximum Gasteiger partial charge on any atom is 0.328 e. The first-order valence-electron chi connectivity index (χ1n) is 6.15. The van der Waals surface area contributed by atoms with E-state index in [9.17, 15) is 9.59 Å². The Morgan fingerprint density at radius 2 is 2.10 bits per heavy atom. The Bertz CT molecular complexity index is 459. The highest BCUT2D eigenvalue weighted by Gasteiger charge is 2.26. The first kappa shape index (κ1) is 14.5. The number of hydrogen-bond acceptors (Lipinski definition) is 6. The first-order valence-corrected chi connectivity index (χ1v) is 7.03. The van der Waals surface area contributed by atoms with Gasteiger partial charge in [-0.05, 0) is 0 Å². The lowest BCUT2D eigenvalue weighted by Gasteiger charge is -2.34. The number of hydrogen-bond donors (Lipinski definition) is 3. The van der Waals surface area contributed by atoms with Crippen LogP contribution < -0.4 is 10.2 Å². The second kappa shape index (κ2) is 6.53. The molecule has 2 rings (SSSR count). The van der Waals surface area contributed by atoms with Crippen LogP contribution in [0.15, 0.2) is 11.6 Å². The number of aliphatic hydroxyl groups is 1. The number of carbonyl (C=O) groups excluding carboxylic acids is 1. The number of piperazine rings is 1. The zero-order valence-corrected chi connectivity index (χ0v) is 11.5. The van der Waals surface area contributed by atoms with Gasteiger partial charge in [0.05, 0.1) is 6.61 Å². The molecule has 1 saturated heterocycles. The lowest BCUT2D eigenvalue weighted by molar-refractivity contribution is -0.140. The summed E-state index contributed by atoms with van der Waals surface area (Å²) in [4.78, 5) is 30.4. The van der Waals surface area contributed by atoms with E-state index in [0.717, 1.165) is 5.13 Å². The second-order valence-electron chi connectivity index (χ2n) is 4.31. The molecule has 1 aliphatic heterocycles. The van der Waals surface area contributed by atoms with E-state index < -0.39 is 24.6 Å². The Balaban J connectivity index is 1.84. The van der Waals surface area contributed by atoms with E-state index in [2.05, 4.69) is 15.2 Å². The van der Waals surface area contributed by atoms with Crippen LogP contribution in [0, 0.1) is 0 Å². The Labute approximate surface area is 119 Å². The van der Waals surface area contributed by atoms with Crippen molar-refractivity contribution < 1.29 is 19.8 Å². The molecule has 2 heterocycles. The highest BCUT2D eigenvalue weighted by Crippen LogP contribution is 2.18. The van der Waals surface area contributed by atoms with E-state index in [1.165, 1.54) is 4.90 Å². The van der Waals surface area contributed by atoms with E-state index in [-0.39, 0.29) is 0 Å². The van der Waals surface area contributed by atoms with E-state index in [0.29, 0.717) is 26.2 Å². The maximum atomic E-state index is 11.9. The van der Waals surface area contributed by atoms with Gasteiger partial charge in [-0.1, -0.05) is 0 Å². The van der Waals surface area contributed by atoms with E-state index in [1.807, 2.05) is 5.38 Å². The van der Waals surface area contributed by atoms with Crippen LogP contribution in [0.1, 0.15) is 0 Å². The molecule has 110 valence electrons. The topological polar surface area (TPSA) is 106 Å². The third-order valence-corrected chi connectivity index (χ3v) is 3.87. The number of aliphatic hydroxyl groups excluding tert-OH is 1. The van der Waals surface area contributed by atoms with E-state index in [4.69, 9.17) is 10.2 Å². The molecule has 1 fully saturated rings. The Hall–Kier alpha value is -1.87. The fraction of sp³-hybridized carbons (Fsp3) is 0.545. The van der Waals surface area contributed by atoms with Gasteiger partial charge in [0.2, 0.25) is 0 Å². The van der Waals surface area contributed by atoms with Gasteiger partial charge in [-0.25, -0.2) is 14.6 Å². The second-order valence-corrected chi connectivity index (χ2v) is 5.18. The number of urea groups is 1. The van der Waals surface area contributed by atoms with Crippen molar-refractivity contribution in [1.29, 1.82) is 0 Å². The predicted molar refractivity (Wildman–Crippen MR) is 72.9 cm³/mol. The fourth-order valence-electron chi connectivity index (χ4n) is 1.90. The van der Waals surface area contributed by atoms with Crippen LogP contribution in [0.2, 0.25) is 0 Å². The van der Waals surface area contributed by atoms with Crippen molar-refractivity contribution in [3.63, 3.8) is 0 Å². The zero-order chi connectivity index (χ0) is 14.5. The number of anilines is 1. The van der Waals surface area contributed by atoms with Crippen LogP contribution in [-0.2, 0) is 4.79 Å². The largest absolute Gasteiger partial charge is 0.480 e. The Morgan fingerprint density at radius 1 is 1.40 bits per heavy atom. The first-order chi connectivity index (χ1) is 9.61. The molecule has 1 aliphatic rings. The van der Waals surface area contributed by atoms with Gasteiger partial charge in [0.15, 0.2) is 11.2 Å². The highest BCUT2D eigenvalue weighted by atomic mass is 32.1. The molecule has 8 nitrogen and oxygen atoms in total. The summed E-state index contributed by atoms with van der Waals surface area (Å²) in [5.41, 5.74) is 0.